The molecular formula is C14H18ClN3. The molecule has 3 nitrogen and oxygen atoms in total. The number of hydrogen-bond donors (Lipinski definition) is 0. The first kappa shape index (κ1) is 13.1. The van der Waals surface area contributed by atoms with Crippen LogP contribution in [0.3, 0.4) is 0 Å². The maximum Gasteiger partial charge on any atom is 0.225 e. The minimum Gasteiger partial charge on any atom is -0.301 e. The van der Waals surface area contributed by atoms with Gasteiger partial charge in [-0.2, -0.15) is 0 Å². The summed E-state index contributed by atoms with van der Waals surface area (Å²) in [6.07, 6.45) is 2.93. The van der Waals surface area contributed by atoms with Crippen molar-refractivity contribution >= 4 is 11.6 Å². The highest BCUT2D eigenvalue weighted by atomic mass is 35.5. The molecule has 0 amide bonds. The standard InChI is InChI=1S/C14H18ClN3/c1-3-5-13-16-17-14(15)18(13)9-8-12-7-4-6-11(2)10-12/h4,6-7,10H,3,5,8-9H2,1-2H3. The van der Waals surface area contributed by atoms with Crippen molar-refractivity contribution in [1.29, 1.82) is 0 Å². The lowest BCUT2D eigenvalue weighted by Gasteiger charge is -2.07. The molecule has 0 saturated carbocycles. The number of rotatable bonds is 5. The van der Waals surface area contributed by atoms with Gasteiger partial charge in [-0.15, -0.1) is 10.2 Å². The van der Waals surface area contributed by atoms with Crippen LogP contribution in [-0.4, -0.2) is 14.8 Å². The average Bonchev–Trinajstić information content (AvgIpc) is 2.69. The monoisotopic (exact) mass is 263 g/mol. The molecule has 1 heterocycles. The number of benzene rings is 1. The second-order valence-corrected chi connectivity index (χ2v) is 4.86. The Morgan fingerprint density at radius 1 is 1.22 bits per heavy atom. The van der Waals surface area contributed by atoms with E-state index in [9.17, 15) is 0 Å². The summed E-state index contributed by atoms with van der Waals surface area (Å²) >= 11 is 6.07. The third kappa shape index (κ3) is 3.10. The van der Waals surface area contributed by atoms with Crippen molar-refractivity contribution in [2.75, 3.05) is 0 Å². The topological polar surface area (TPSA) is 30.7 Å². The van der Waals surface area contributed by atoms with Gasteiger partial charge in [0.1, 0.15) is 5.82 Å². The molecule has 1 aromatic heterocycles. The van der Waals surface area contributed by atoms with Gasteiger partial charge in [0.25, 0.3) is 0 Å². The van der Waals surface area contributed by atoms with Crippen molar-refractivity contribution in [3.05, 3.63) is 46.5 Å². The first-order chi connectivity index (χ1) is 8.70. The van der Waals surface area contributed by atoms with Crippen molar-refractivity contribution in [2.24, 2.45) is 0 Å². The van der Waals surface area contributed by atoms with Gasteiger partial charge in [-0.1, -0.05) is 36.8 Å². The van der Waals surface area contributed by atoms with Crippen molar-refractivity contribution < 1.29 is 0 Å². The van der Waals surface area contributed by atoms with Gasteiger partial charge >= 0.3 is 0 Å². The molecule has 2 aromatic rings. The van der Waals surface area contributed by atoms with E-state index in [0.29, 0.717) is 5.28 Å². The fraction of sp³-hybridized carbons (Fsp3) is 0.429. The molecule has 0 N–H and O–H groups in total. The minimum atomic E-state index is 0.492. The van der Waals surface area contributed by atoms with E-state index < -0.39 is 0 Å². The maximum absolute atomic E-state index is 6.07. The molecule has 0 aliphatic heterocycles. The fourth-order valence-corrected chi connectivity index (χ4v) is 2.27. The number of halogens is 1. The number of aromatic nitrogens is 3. The summed E-state index contributed by atoms with van der Waals surface area (Å²) < 4.78 is 2.01. The van der Waals surface area contributed by atoms with E-state index in [0.717, 1.165) is 31.6 Å². The Kier molecular flexibility index (Phi) is 4.37. The summed E-state index contributed by atoms with van der Waals surface area (Å²) in [6.45, 7) is 5.08. The van der Waals surface area contributed by atoms with Crippen molar-refractivity contribution in [3.63, 3.8) is 0 Å². The summed E-state index contributed by atoms with van der Waals surface area (Å²) in [5.41, 5.74) is 2.61. The summed E-state index contributed by atoms with van der Waals surface area (Å²) in [5, 5.41) is 8.55. The Hall–Kier alpha value is -1.35. The predicted octanol–water partition coefficient (Wildman–Crippen LogP) is 3.44. The van der Waals surface area contributed by atoms with Crippen LogP contribution in [-0.2, 0) is 19.4 Å². The Balaban J connectivity index is 2.08. The van der Waals surface area contributed by atoms with Crippen LogP contribution in [0.15, 0.2) is 24.3 Å². The Bertz CT molecular complexity index is 520. The molecule has 96 valence electrons. The van der Waals surface area contributed by atoms with Crippen LogP contribution in [0.4, 0.5) is 0 Å². The van der Waals surface area contributed by atoms with Crippen molar-refractivity contribution in [2.45, 2.75) is 39.7 Å². The van der Waals surface area contributed by atoms with Gasteiger partial charge in [0.2, 0.25) is 5.28 Å². The van der Waals surface area contributed by atoms with E-state index in [1.54, 1.807) is 0 Å². The smallest absolute Gasteiger partial charge is 0.225 e. The molecule has 0 radical (unpaired) electrons. The summed E-state index contributed by atoms with van der Waals surface area (Å²) in [5.74, 6) is 0.982. The normalized spacial score (nSPS) is 10.8. The van der Waals surface area contributed by atoms with E-state index >= 15 is 0 Å². The second kappa shape index (κ2) is 6.01. The Morgan fingerprint density at radius 2 is 2.06 bits per heavy atom. The molecular weight excluding hydrogens is 246 g/mol. The molecule has 0 atom stereocenters. The number of nitrogens with zero attached hydrogens (tertiary/aromatic N) is 3. The molecule has 0 unspecified atom stereocenters. The van der Waals surface area contributed by atoms with Crippen molar-refractivity contribution in [1.82, 2.24) is 14.8 Å². The highest BCUT2D eigenvalue weighted by Crippen LogP contribution is 2.12. The molecule has 18 heavy (non-hydrogen) atoms. The van der Waals surface area contributed by atoms with E-state index in [2.05, 4.69) is 48.3 Å². The zero-order valence-electron chi connectivity index (χ0n) is 10.9. The summed E-state index contributed by atoms with van der Waals surface area (Å²) in [4.78, 5) is 0. The van der Waals surface area contributed by atoms with Gasteiger partial charge in [-0.25, -0.2) is 0 Å². The number of aryl methyl sites for hydroxylation is 3. The first-order valence-electron chi connectivity index (χ1n) is 6.34. The molecule has 0 aliphatic carbocycles. The molecule has 0 fully saturated rings. The van der Waals surface area contributed by atoms with Crippen LogP contribution in [0.5, 0.6) is 0 Å². The van der Waals surface area contributed by atoms with Crippen LogP contribution in [0, 0.1) is 6.92 Å². The molecule has 2 rings (SSSR count). The molecule has 0 bridgehead atoms. The van der Waals surface area contributed by atoms with E-state index in [1.807, 2.05) is 4.57 Å². The molecule has 0 spiro atoms. The molecule has 4 heteroatoms. The molecule has 1 aromatic carbocycles. The van der Waals surface area contributed by atoms with Crippen LogP contribution in [0.25, 0.3) is 0 Å². The predicted molar refractivity (Wildman–Crippen MR) is 73.9 cm³/mol. The van der Waals surface area contributed by atoms with Gasteiger partial charge in [0.05, 0.1) is 0 Å². The lowest BCUT2D eigenvalue weighted by atomic mass is 10.1. The SMILES string of the molecule is CCCc1nnc(Cl)n1CCc1cccc(C)c1. The first-order valence-corrected chi connectivity index (χ1v) is 6.71. The van der Waals surface area contributed by atoms with E-state index in [-0.39, 0.29) is 0 Å². The zero-order chi connectivity index (χ0) is 13.0. The van der Waals surface area contributed by atoms with Gasteiger partial charge < -0.3 is 4.57 Å². The quantitative estimate of drug-likeness (QED) is 0.827. The van der Waals surface area contributed by atoms with E-state index in [4.69, 9.17) is 11.6 Å². The van der Waals surface area contributed by atoms with Gasteiger partial charge in [-0.05, 0) is 36.9 Å². The summed E-state index contributed by atoms with van der Waals surface area (Å²) in [7, 11) is 0. The second-order valence-electron chi connectivity index (χ2n) is 4.53. The number of hydrogen-bond acceptors (Lipinski definition) is 2. The highest BCUT2D eigenvalue weighted by molar-refractivity contribution is 6.28. The molecule has 0 aliphatic rings. The lowest BCUT2D eigenvalue weighted by molar-refractivity contribution is 0.643. The van der Waals surface area contributed by atoms with Crippen molar-refractivity contribution in [3.8, 4) is 0 Å². The highest BCUT2D eigenvalue weighted by Gasteiger charge is 2.09. The Labute approximate surface area is 113 Å². The maximum atomic E-state index is 6.07. The van der Waals surface area contributed by atoms with Crippen LogP contribution in [0.1, 0.15) is 30.3 Å². The lowest BCUT2D eigenvalue weighted by Crippen LogP contribution is -2.06. The average molecular weight is 264 g/mol. The zero-order valence-corrected chi connectivity index (χ0v) is 11.6. The molecule has 0 saturated heterocycles. The third-order valence-electron chi connectivity index (χ3n) is 2.96. The van der Waals surface area contributed by atoms with Gasteiger partial charge in [-0.3, -0.25) is 0 Å². The van der Waals surface area contributed by atoms with Crippen LogP contribution >= 0.6 is 11.6 Å². The van der Waals surface area contributed by atoms with Crippen LogP contribution in [0.2, 0.25) is 5.28 Å². The van der Waals surface area contributed by atoms with Gasteiger partial charge in [0, 0.05) is 13.0 Å². The summed E-state index contributed by atoms with van der Waals surface area (Å²) in [6, 6.07) is 8.55. The van der Waals surface area contributed by atoms with E-state index in [1.165, 1.54) is 11.1 Å². The van der Waals surface area contributed by atoms with Gasteiger partial charge in [0.15, 0.2) is 0 Å². The fourth-order valence-electron chi connectivity index (χ4n) is 2.05. The minimum absolute atomic E-state index is 0.492. The van der Waals surface area contributed by atoms with Crippen LogP contribution < -0.4 is 0 Å². The third-order valence-corrected chi connectivity index (χ3v) is 3.24. The Morgan fingerprint density at radius 3 is 2.78 bits per heavy atom. The largest absolute Gasteiger partial charge is 0.301 e.